The lowest BCUT2D eigenvalue weighted by atomic mass is 10.1. The van der Waals surface area contributed by atoms with Crippen LogP contribution in [0, 0.1) is 13.8 Å². The van der Waals surface area contributed by atoms with Crippen molar-refractivity contribution in [1.29, 1.82) is 0 Å². The Balaban J connectivity index is 1.85. The van der Waals surface area contributed by atoms with Crippen molar-refractivity contribution in [3.05, 3.63) is 71.8 Å². The normalized spacial score (nSPS) is 11.8. The minimum absolute atomic E-state index is 0.256. The number of aryl methyl sites for hydroxylation is 2. The van der Waals surface area contributed by atoms with Crippen LogP contribution in [0.4, 0.5) is 5.69 Å². The molecule has 122 valence electrons. The molecule has 2 aromatic carbocycles. The smallest absolute Gasteiger partial charge is 0.122 e. The molecule has 0 aliphatic heterocycles. The summed E-state index contributed by atoms with van der Waals surface area (Å²) in [6.07, 6.45) is 2.03. The van der Waals surface area contributed by atoms with Crippen LogP contribution in [-0.4, -0.2) is 24.4 Å². The average Bonchev–Trinajstić information content (AvgIpc) is 2.51. The van der Waals surface area contributed by atoms with E-state index >= 15 is 0 Å². The maximum absolute atomic E-state index is 10.1. The van der Waals surface area contributed by atoms with Crippen LogP contribution >= 0.6 is 0 Å². The summed E-state index contributed by atoms with van der Waals surface area (Å²) in [7, 11) is 0. The van der Waals surface area contributed by atoms with Crippen LogP contribution in [0.25, 0.3) is 0 Å². The highest BCUT2D eigenvalue weighted by molar-refractivity contribution is 5.48. The van der Waals surface area contributed by atoms with Gasteiger partial charge in [0, 0.05) is 12.2 Å². The average molecular weight is 311 g/mol. The number of anilines is 1. The molecule has 0 saturated heterocycles. The second-order valence-corrected chi connectivity index (χ2v) is 5.82. The third kappa shape index (κ3) is 5.46. The first-order valence-corrected chi connectivity index (χ1v) is 7.90. The summed E-state index contributed by atoms with van der Waals surface area (Å²) in [5, 5.41) is 13.4. The van der Waals surface area contributed by atoms with Gasteiger partial charge in [-0.1, -0.05) is 30.3 Å². The van der Waals surface area contributed by atoms with Crippen molar-refractivity contribution in [2.45, 2.75) is 26.4 Å². The third-order valence-electron chi connectivity index (χ3n) is 3.53. The van der Waals surface area contributed by atoms with E-state index in [9.17, 15) is 5.11 Å². The number of aliphatic hydroxyl groups is 1. The second-order valence-electron chi connectivity index (χ2n) is 5.82. The lowest BCUT2D eigenvalue weighted by Crippen LogP contribution is -2.26. The number of nitrogens with one attached hydrogen (secondary N) is 1. The number of benzene rings is 2. The van der Waals surface area contributed by atoms with Gasteiger partial charge in [0.2, 0.25) is 0 Å². The summed E-state index contributed by atoms with van der Waals surface area (Å²) < 4.78 is 5.75. The van der Waals surface area contributed by atoms with Gasteiger partial charge < -0.3 is 15.2 Å². The molecule has 1 atom stereocenters. The van der Waals surface area contributed by atoms with Crippen LogP contribution in [0.2, 0.25) is 0 Å². The van der Waals surface area contributed by atoms with E-state index in [-0.39, 0.29) is 6.61 Å². The SMILES string of the molecule is C=CCc1ccccc1OCC(O)CNc1cc(C)cc(C)c1. The molecule has 2 N–H and O–H groups in total. The predicted molar refractivity (Wildman–Crippen MR) is 96.3 cm³/mol. The zero-order chi connectivity index (χ0) is 16.7. The van der Waals surface area contributed by atoms with Crippen molar-refractivity contribution in [1.82, 2.24) is 0 Å². The largest absolute Gasteiger partial charge is 0.491 e. The molecular weight excluding hydrogens is 286 g/mol. The molecule has 2 aromatic rings. The Kier molecular flexibility index (Phi) is 6.24. The fourth-order valence-electron chi connectivity index (χ4n) is 2.53. The standard InChI is InChI=1S/C20H25NO2/c1-4-7-17-8-5-6-9-20(17)23-14-19(22)13-21-18-11-15(2)10-16(3)12-18/h4-6,8-12,19,21-22H,1,7,13-14H2,2-3H3. The summed E-state index contributed by atoms with van der Waals surface area (Å²) in [4.78, 5) is 0. The van der Waals surface area contributed by atoms with E-state index in [1.807, 2.05) is 30.3 Å². The van der Waals surface area contributed by atoms with E-state index < -0.39 is 6.10 Å². The number of allylic oxidation sites excluding steroid dienone is 1. The van der Waals surface area contributed by atoms with Crippen LogP contribution in [0.1, 0.15) is 16.7 Å². The Morgan fingerprint density at radius 3 is 2.57 bits per heavy atom. The maximum Gasteiger partial charge on any atom is 0.122 e. The first-order valence-electron chi connectivity index (χ1n) is 7.90. The quantitative estimate of drug-likeness (QED) is 0.727. The number of rotatable bonds is 8. The monoisotopic (exact) mass is 311 g/mol. The van der Waals surface area contributed by atoms with Gasteiger partial charge in [0.05, 0.1) is 0 Å². The molecule has 0 spiro atoms. The summed E-state index contributed by atoms with van der Waals surface area (Å²) in [5.74, 6) is 0.804. The minimum Gasteiger partial charge on any atom is -0.491 e. The van der Waals surface area contributed by atoms with Gasteiger partial charge in [-0.15, -0.1) is 6.58 Å². The van der Waals surface area contributed by atoms with E-state index in [4.69, 9.17) is 4.74 Å². The first-order chi connectivity index (χ1) is 11.1. The van der Waals surface area contributed by atoms with Gasteiger partial charge in [-0.2, -0.15) is 0 Å². The maximum atomic E-state index is 10.1. The molecule has 0 fully saturated rings. The zero-order valence-electron chi connectivity index (χ0n) is 13.9. The molecule has 0 bridgehead atoms. The number of hydrogen-bond acceptors (Lipinski definition) is 3. The molecule has 0 aliphatic carbocycles. The number of para-hydroxylation sites is 1. The van der Waals surface area contributed by atoms with Crippen LogP contribution < -0.4 is 10.1 Å². The summed E-state index contributed by atoms with van der Waals surface area (Å²) in [5.41, 5.74) is 4.51. The fraction of sp³-hybridized carbons (Fsp3) is 0.300. The van der Waals surface area contributed by atoms with Gasteiger partial charge in [0.15, 0.2) is 0 Å². The van der Waals surface area contributed by atoms with E-state index in [1.54, 1.807) is 0 Å². The minimum atomic E-state index is -0.576. The van der Waals surface area contributed by atoms with E-state index in [2.05, 4.69) is 43.9 Å². The topological polar surface area (TPSA) is 41.5 Å². The van der Waals surface area contributed by atoms with Gasteiger partial charge in [0.1, 0.15) is 18.5 Å². The van der Waals surface area contributed by atoms with Gasteiger partial charge in [-0.05, 0) is 55.2 Å². The van der Waals surface area contributed by atoms with Crippen molar-refractivity contribution in [2.75, 3.05) is 18.5 Å². The third-order valence-corrected chi connectivity index (χ3v) is 3.53. The number of hydrogen-bond donors (Lipinski definition) is 2. The number of ether oxygens (including phenoxy) is 1. The van der Waals surface area contributed by atoms with Crippen LogP contribution in [0.5, 0.6) is 5.75 Å². The Bertz CT molecular complexity index is 632. The van der Waals surface area contributed by atoms with Crippen molar-refractivity contribution in [2.24, 2.45) is 0 Å². The van der Waals surface area contributed by atoms with Crippen LogP contribution in [0.3, 0.4) is 0 Å². The summed E-state index contributed by atoms with van der Waals surface area (Å²) in [6.45, 7) is 8.59. The van der Waals surface area contributed by atoms with Gasteiger partial charge >= 0.3 is 0 Å². The van der Waals surface area contributed by atoms with Crippen LogP contribution in [-0.2, 0) is 6.42 Å². The van der Waals surface area contributed by atoms with Gasteiger partial charge in [-0.3, -0.25) is 0 Å². The molecule has 2 rings (SSSR count). The highest BCUT2D eigenvalue weighted by atomic mass is 16.5. The second kappa shape index (κ2) is 8.39. The Morgan fingerprint density at radius 1 is 1.17 bits per heavy atom. The molecule has 3 heteroatoms. The molecule has 0 aromatic heterocycles. The highest BCUT2D eigenvalue weighted by Crippen LogP contribution is 2.19. The highest BCUT2D eigenvalue weighted by Gasteiger charge is 2.08. The van der Waals surface area contributed by atoms with Crippen molar-refractivity contribution in [3.63, 3.8) is 0 Å². The molecule has 0 amide bonds. The lowest BCUT2D eigenvalue weighted by Gasteiger charge is -2.16. The van der Waals surface area contributed by atoms with Crippen molar-refractivity contribution >= 4 is 5.69 Å². The van der Waals surface area contributed by atoms with Crippen molar-refractivity contribution in [3.8, 4) is 5.75 Å². The molecule has 1 unspecified atom stereocenters. The first kappa shape index (κ1) is 17.1. The Hall–Kier alpha value is -2.26. The zero-order valence-corrected chi connectivity index (χ0v) is 13.9. The molecule has 23 heavy (non-hydrogen) atoms. The van der Waals surface area contributed by atoms with E-state index in [0.717, 1.165) is 23.4 Å². The number of aliphatic hydroxyl groups excluding tert-OH is 1. The van der Waals surface area contributed by atoms with E-state index in [0.29, 0.717) is 6.54 Å². The molecule has 0 radical (unpaired) electrons. The lowest BCUT2D eigenvalue weighted by molar-refractivity contribution is 0.117. The molecule has 0 heterocycles. The van der Waals surface area contributed by atoms with E-state index in [1.165, 1.54) is 11.1 Å². The molecule has 0 saturated carbocycles. The molecular formula is C20H25NO2. The van der Waals surface area contributed by atoms with Gasteiger partial charge in [0.25, 0.3) is 0 Å². The molecule has 3 nitrogen and oxygen atoms in total. The molecule has 0 aliphatic rings. The summed E-state index contributed by atoms with van der Waals surface area (Å²) >= 11 is 0. The van der Waals surface area contributed by atoms with Crippen LogP contribution in [0.15, 0.2) is 55.1 Å². The Morgan fingerprint density at radius 2 is 1.87 bits per heavy atom. The Labute approximate surface area is 138 Å². The summed E-state index contributed by atoms with van der Waals surface area (Å²) in [6, 6.07) is 14.1. The predicted octanol–water partition coefficient (Wildman–Crippen LogP) is 3.88. The van der Waals surface area contributed by atoms with Crippen molar-refractivity contribution < 1.29 is 9.84 Å². The van der Waals surface area contributed by atoms with Gasteiger partial charge in [-0.25, -0.2) is 0 Å². The fourth-order valence-corrected chi connectivity index (χ4v) is 2.53.